The molecule has 1 aliphatic rings. The average Bonchev–Trinajstić information content (AvgIpc) is 2.56. The Hall–Kier alpha value is -1.71. The Kier molecular flexibility index (Phi) is 5.42. The Labute approximate surface area is 138 Å². The minimum atomic E-state index is -0.0977. The van der Waals surface area contributed by atoms with Gasteiger partial charge in [-0.05, 0) is 24.0 Å². The fraction of sp³-hybridized carbons (Fsp3) is 0.400. The molecular weight excluding hydrogens is 287 g/mol. The molecule has 0 saturated carbocycles. The second kappa shape index (κ2) is 7.71. The van der Waals surface area contributed by atoms with E-state index in [1.165, 1.54) is 12.0 Å². The summed E-state index contributed by atoms with van der Waals surface area (Å²) < 4.78 is 13.9. The second-order valence-electron chi connectivity index (χ2n) is 6.69. The number of piperidine rings is 1. The Bertz CT molecular complexity index is 614. The number of nitrogens with one attached hydrogen (secondary N) is 1. The van der Waals surface area contributed by atoms with Crippen LogP contribution in [0.2, 0.25) is 0 Å². The first-order chi connectivity index (χ1) is 11.2. The predicted molar refractivity (Wildman–Crippen MR) is 92.5 cm³/mol. The van der Waals surface area contributed by atoms with Crippen molar-refractivity contribution in [3.05, 3.63) is 71.5 Å². The summed E-state index contributed by atoms with van der Waals surface area (Å²) >= 11 is 0. The van der Waals surface area contributed by atoms with Gasteiger partial charge >= 0.3 is 0 Å². The van der Waals surface area contributed by atoms with Crippen molar-refractivity contribution in [1.82, 2.24) is 10.2 Å². The Balaban J connectivity index is 1.57. The molecule has 1 saturated heterocycles. The Morgan fingerprint density at radius 2 is 1.78 bits per heavy atom. The summed E-state index contributed by atoms with van der Waals surface area (Å²) in [5, 5.41) is 3.66. The van der Waals surface area contributed by atoms with Crippen molar-refractivity contribution in [3.63, 3.8) is 0 Å². The Morgan fingerprint density at radius 1 is 1.04 bits per heavy atom. The second-order valence-corrected chi connectivity index (χ2v) is 6.69. The highest BCUT2D eigenvalue weighted by molar-refractivity contribution is 5.17. The van der Waals surface area contributed by atoms with E-state index in [0.717, 1.165) is 25.2 Å². The van der Waals surface area contributed by atoms with Crippen molar-refractivity contribution in [2.24, 2.45) is 5.92 Å². The molecule has 2 unspecified atom stereocenters. The summed E-state index contributed by atoms with van der Waals surface area (Å²) in [6.07, 6.45) is 1.18. The lowest BCUT2D eigenvalue weighted by Gasteiger charge is -2.37. The lowest BCUT2D eigenvalue weighted by molar-refractivity contribution is 0.140. The molecule has 1 aliphatic heterocycles. The molecule has 3 heteroatoms. The van der Waals surface area contributed by atoms with Crippen LogP contribution in [0.15, 0.2) is 54.6 Å². The zero-order chi connectivity index (χ0) is 16.1. The molecule has 122 valence electrons. The predicted octanol–water partition coefficient (Wildman–Crippen LogP) is 3.83. The summed E-state index contributed by atoms with van der Waals surface area (Å²) in [5.74, 6) is 0.531. The van der Waals surface area contributed by atoms with Gasteiger partial charge in [0, 0.05) is 37.8 Å². The lowest BCUT2D eigenvalue weighted by Crippen LogP contribution is -2.48. The molecule has 0 bridgehead atoms. The molecule has 0 aromatic heterocycles. The number of hydrogen-bond donors (Lipinski definition) is 1. The first-order valence-electron chi connectivity index (χ1n) is 8.44. The SMILES string of the molecule is CC1CC(NCc2ccccc2)CN(Cc2ccccc2F)C1. The van der Waals surface area contributed by atoms with Crippen LogP contribution >= 0.6 is 0 Å². The minimum absolute atomic E-state index is 0.0977. The van der Waals surface area contributed by atoms with E-state index < -0.39 is 0 Å². The van der Waals surface area contributed by atoms with Gasteiger partial charge in [0.2, 0.25) is 0 Å². The average molecular weight is 312 g/mol. The van der Waals surface area contributed by atoms with Gasteiger partial charge in [-0.1, -0.05) is 55.5 Å². The van der Waals surface area contributed by atoms with Crippen molar-refractivity contribution in [2.45, 2.75) is 32.5 Å². The molecule has 2 aromatic carbocycles. The van der Waals surface area contributed by atoms with Gasteiger partial charge in [0.15, 0.2) is 0 Å². The molecule has 3 rings (SSSR count). The lowest BCUT2D eigenvalue weighted by atomic mass is 9.95. The first-order valence-corrected chi connectivity index (χ1v) is 8.44. The van der Waals surface area contributed by atoms with Crippen LogP contribution in [0.3, 0.4) is 0 Å². The van der Waals surface area contributed by atoms with E-state index in [0.29, 0.717) is 18.5 Å². The normalized spacial score (nSPS) is 22.2. The largest absolute Gasteiger partial charge is 0.309 e. The fourth-order valence-electron chi connectivity index (χ4n) is 3.46. The van der Waals surface area contributed by atoms with Crippen LogP contribution < -0.4 is 5.32 Å². The monoisotopic (exact) mass is 312 g/mol. The van der Waals surface area contributed by atoms with Gasteiger partial charge in [-0.3, -0.25) is 4.90 Å². The van der Waals surface area contributed by atoms with Crippen molar-refractivity contribution in [1.29, 1.82) is 0 Å². The van der Waals surface area contributed by atoms with E-state index in [1.807, 2.05) is 18.2 Å². The molecule has 0 aliphatic carbocycles. The van der Waals surface area contributed by atoms with Crippen molar-refractivity contribution < 1.29 is 4.39 Å². The van der Waals surface area contributed by atoms with Crippen LogP contribution in [0.5, 0.6) is 0 Å². The van der Waals surface area contributed by atoms with Gasteiger partial charge in [0.25, 0.3) is 0 Å². The highest BCUT2D eigenvalue weighted by Gasteiger charge is 2.24. The van der Waals surface area contributed by atoms with Crippen LogP contribution in [0.1, 0.15) is 24.5 Å². The Morgan fingerprint density at radius 3 is 2.57 bits per heavy atom. The number of halogens is 1. The van der Waals surface area contributed by atoms with E-state index in [9.17, 15) is 4.39 Å². The third-order valence-corrected chi connectivity index (χ3v) is 4.52. The first kappa shape index (κ1) is 16.2. The highest BCUT2D eigenvalue weighted by atomic mass is 19.1. The van der Waals surface area contributed by atoms with Crippen LogP contribution in [0.4, 0.5) is 4.39 Å². The maximum Gasteiger partial charge on any atom is 0.127 e. The molecular formula is C20H25FN2. The van der Waals surface area contributed by atoms with Crippen LogP contribution in [-0.2, 0) is 13.1 Å². The maximum absolute atomic E-state index is 13.9. The molecule has 23 heavy (non-hydrogen) atoms. The molecule has 0 spiro atoms. The van der Waals surface area contributed by atoms with Crippen molar-refractivity contribution in [2.75, 3.05) is 13.1 Å². The van der Waals surface area contributed by atoms with E-state index >= 15 is 0 Å². The molecule has 0 amide bonds. The molecule has 1 N–H and O–H groups in total. The van der Waals surface area contributed by atoms with Crippen LogP contribution in [0.25, 0.3) is 0 Å². The van der Waals surface area contributed by atoms with Gasteiger partial charge in [-0.25, -0.2) is 4.39 Å². The van der Waals surface area contributed by atoms with Gasteiger partial charge in [-0.2, -0.15) is 0 Å². The zero-order valence-electron chi connectivity index (χ0n) is 13.7. The smallest absolute Gasteiger partial charge is 0.127 e. The fourth-order valence-corrected chi connectivity index (χ4v) is 3.46. The number of likely N-dealkylation sites (tertiary alicyclic amines) is 1. The third kappa shape index (κ3) is 4.63. The van der Waals surface area contributed by atoms with E-state index in [4.69, 9.17) is 0 Å². The van der Waals surface area contributed by atoms with E-state index in [2.05, 4.69) is 41.4 Å². The van der Waals surface area contributed by atoms with Crippen LogP contribution in [-0.4, -0.2) is 24.0 Å². The molecule has 2 aromatic rings. The van der Waals surface area contributed by atoms with Crippen molar-refractivity contribution >= 4 is 0 Å². The standard InChI is InChI=1S/C20H25FN2/c1-16-11-19(22-12-17-7-3-2-4-8-17)15-23(13-16)14-18-9-5-6-10-20(18)21/h2-10,16,19,22H,11-15H2,1H3. The van der Waals surface area contributed by atoms with Crippen LogP contribution in [0, 0.1) is 11.7 Å². The summed E-state index contributed by atoms with van der Waals surface area (Å²) in [7, 11) is 0. The third-order valence-electron chi connectivity index (χ3n) is 4.52. The van der Waals surface area contributed by atoms with Gasteiger partial charge in [-0.15, -0.1) is 0 Å². The summed E-state index contributed by atoms with van der Waals surface area (Å²) in [5.41, 5.74) is 2.11. The molecule has 1 heterocycles. The molecule has 1 fully saturated rings. The number of benzene rings is 2. The zero-order valence-corrected chi connectivity index (χ0v) is 13.7. The highest BCUT2D eigenvalue weighted by Crippen LogP contribution is 2.20. The quantitative estimate of drug-likeness (QED) is 0.903. The summed E-state index contributed by atoms with van der Waals surface area (Å²) in [4.78, 5) is 2.37. The van der Waals surface area contributed by atoms with Gasteiger partial charge in [0.1, 0.15) is 5.82 Å². The number of rotatable bonds is 5. The number of nitrogens with zero attached hydrogens (tertiary/aromatic N) is 1. The van der Waals surface area contributed by atoms with Crippen molar-refractivity contribution in [3.8, 4) is 0 Å². The van der Waals surface area contributed by atoms with Gasteiger partial charge in [0.05, 0.1) is 0 Å². The van der Waals surface area contributed by atoms with E-state index in [-0.39, 0.29) is 5.82 Å². The topological polar surface area (TPSA) is 15.3 Å². The molecule has 0 radical (unpaired) electrons. The van der Waals surface area contributed by atoms with Gasteiger partial charge < -0.3 is 5.32 Å². The molecule has 2 atom stereocenters. The summed E-state index contributed by atoms with van der Waals surface area (Å²) in [6, 6.07) is 18.1. The minimum Gasteiger partial charge on any atom is -0.309 e. The molecule has 2 nitrogen and oxygen atoms in total. The summed E-state index contributed by atoms with van der Waals surface area (Å²) in [6.45, 7) is 5.89. The van der Waals surface area contributed by atoms with E-state index in [1.54, 1.807) is 12.1 Å². The maximum atomic E-state index is 13.9. The number of hydrogen-bond acceptors (Lipinski definition) is 2.